The molecule has 1 N–H and O–H groups in total. The average molecular weight is 308 g/mol. The summed E-state index contributed by atoms with van der Waals surface area (Å²) in [6, 6.07) is 2.21. The Kier molecular flexibility index (Phi) is 4.80. The molecule has 0 bridgehead atoms. The van der Waals surface area contributed by atoms with Gasteiger partial charge in [-0.2, -0.15) is 0 Å². The molecule has 1 aromatic heterocycles. The number of guanidine groups is 1. The highest BCUT2D eigenvalue weighted by Gasteiger charge is 2.58. The van der Waals surface area contributed by atoms with Crippen molar-refractivity contribution in [1.29, 1.82) is 0 Å². The number of aliphatic imine (C=N–C) groups is 1. The van der Waals surface area contributed by atoms with Crippen LogP contribution in [-0.2, 0) is 11.3 Å². The van der Waals surface area contributed by atoms with Crippen LogP contribution in [-0.4, -0.2) is 48.4 Å². The van der Waals surface area contributed by atoms with Crippen molar-refractivity contribution in [3.05, 3.63) is 18.0 Å². The summed E-state index contributed by atoms with van der Waals surface area (Å²) in [5.74, 6) is 0.890. The maximum Gasteiger partial charge on any atom is 0.194 e. The van der Waals surface area contributed by atoms with Crippen molar-refractivity contribution < 1.29 is 9.26 Å². The molecule has 6 nitrogen and oxygen atoms in total. The minimum Gasteiger partial charge on any atom is -0.378 e. The molecule has 124 valence electrons. The lowest BCUT2D eigenvalue weighted by Gasteiger charge is -2.59. The van der Waals surface area contributed by atoms with Gasteiger partial charge in [0, 0.05) is 38.2 Å². The first kappa shape index (κ1) is 16.8. The molecule has 0 amide bonds. The first-order valence-corrected chi connectivity index (χ1v) is 7.80. The molecule has 1 aliphatic rings. The Morgan fingerprint density at radius 2 is 2.27 bits per heavy atom. The summed E-state index contributed by atoms with van der Waals surface area (Å²) in [6.45, 7) is 10.1. The highest BCUT2D eigenvalue weighted by atomic mass is 16.5. The van der Waals surface area contributed by atoms with E-state index in [0.717, 1.165) is 24.6 Å². The molecule has 2 rings (SSSR count). The maximum atomic E-state index is 5.69. The first-order chi connectivity index (χ1) is 10.3. The van der Waals surface area contributed by atoms with Gasteiger partial charge in [0.15, 0.2) is 5.96 Å². The van der Waals surface area contributed by atoms with Gasteiger partial charge in [-0.15, -0.1) is 0 Å². The molecule has 2 unspecified atom stereocenters. The number of methoxy groups -OCH3 is 1. The van der Waals surface area contributed by atoms with Crippen LogP contribution in [0.4, 0.5) is 0 Å². The van der Waals surface area contributed by atoms with E-state index in [4.69, 9.17) is 9.26 Å². The van der Waals surface area contributed by atoms with Crippen LogP contribution in [0.2, 0.25) is 0 Å². The van der Waals surface area contributed by atoms with Crippen molar-refractivity contribution in [3.8, 4) is 0 Å². The average Bonchev–Trinajstić information content (AvgIpc) is 2.98. The summed E-state index contributed by atoms with van der Waals surface area (Å²) in [4.78, 5) is 6.67. The normalized spacial score (nSPS) is 27.4. The van der Waals surface area contributed by atoms with Crippen molar-refractivity contribution in [2.45, 2.75) is 52.3 Å². The standard InChI is InChI=1S/C16H28N4O2/c1-7-17-14(20(5)11-12-8-9-22-19-12)18-13-10-16(4,21-6)15(13,2)3/h8-9,13H,7,10-11H2,1-6H3,(H,17,18). The van der Waals surface area contributed by atoms with E-state index in [1.807, 2.05) is 20.0 Å². The Balaban J connectivity index is 2.03. The summed E-state index contributed by atoms with van der Waals surface area (Å²) < 4.78 is 10.6. The molecule has 22 heavy (non-hydrogen) atoms. The van der Waals surface area contributed by atoms with E-state index < -0.39 is 0 Å². The molecule has 0 spiro atoms. The van der Waals surface area contributed by atoms with E-state index in [0.29, 0.717) is 12.6 Å². The largest absolute Gasteiger partial charge is 0.378 e. The van der Waals surface area contributed by atoms with Gasteiger partial charge in [0.25, 0.3) is 0 Å². The van der Waals surface area contributed by atoms with Gasteiger partial charge < -0.3 is 19.5 Å². The zero-order valence-electron chi connectivity index (χ0n) is 14.5. The van der Waals surface area contributed by atoms with Gasteiger partial charge in [0.05, 0.1) is 12.1 Å². The van der Waals surface area contributed by atoms with Crippen LogP contribution in [0.3, 0.4) is 0 Å². The third-order valence-corrected chi connectivity index (χ3v) is 5.14. The van der Waals surface area contributed by atoms with Crippen molar-refractivity contribution >= 4 is 5.96 Å². The van der Waals surface area contributed by atoms with Crippen LogP contribution in [0.1, 0.15) is 39.8 Å². The molecule has 1 aliphatic carbocycles. The van der Waals surface area contributed by atoms with Gasteiger partial charge in [-0.25, -0.2) is 0 Å². The van der Waals surface area contributed by atoms with E-state index in [-0.39, 0.29) is 11.0 Å². The summed E-state index contributed by atoms with van der Waals surface area (Å²) in [5.41, 5.74) is 0.847. The predicted octanol–water partition coefficient (Wildman–Crippen LogP) is 2.28. The van der Waals surface area contributed by atoms with Crippen LogP contribution in [0.25, 0.3) is 0 Å². The Labute approximate surface area is 132 Å². The lowest BCUT2D eigenvalue weighted by Crippen LogP contribution is -2.69. The Morgan fingerprint density at radius 1 is 1.55 bits per heavy atom. The molecule has 6 heteroatoms. The summed E-state index contributed by atoms with van der Waals surface area (Å²) in [7, 11) is 3.80. The fourth-order valence-electron chi connectivity index (χ4n) is 2.94. The number of rotatable bonds is 5. The number of hydrogen-bond donors (Lipinski definition) is 1. The van der Waals surface area contributed by atoms with Crippen LogP contribution < -0.4 is 5.32 Å². The number of hydrogen-bond acceptors (Lipinski definition) is 4. The smallest absolute Gasteiger partial charge is 0.194 e. The zero-order chi connectivity index (χ0) is 16.4. The van der Waals surface area contributed by atoms with E-state index in [9.17, 15) is 0 Å². The van der Waals surface area contributed by atoms with Crippen LogP contribution in [0.15, 0.2) is 21.8 Å². The minimum atomic E-state index is -0.0906. The molecule has 0 aliphatic heterocycles. The van der Waals surface area contributed by atoms with Crippen molar-refractivity contribution in [1.82, 2.24) is 15.4 Å². The molecule has 0 saturated heterocycles. The third kappa shape index (κ3) is 2.97. The third-order valence-electron chi connectivity index (χ3n) is 5.14. The van der Waals surface area contributed by atoms with Crippen molar-refractivity contribution in [3.63, 3.8) is 0 Å². The molecular weight excluding hydrogens is 280 g/mol. The fraction of sp³-hybridized carbons (Fsp3) is 0.750. The quantitative estimate of drug-likeness (QED) is 0.668. The topological polar surface area (TPSA) is 62.9 Å². The van der Waals surface area contributed by atoms with Gasteiger partial charge in [-0.1, -0.05) is 19.0 Å². The number of ether oxygens (including phenoxy) is 1. The lowest BCUT2D eigenvalue weighted by molar-refractivity contribution is -0.177. The number of nitrogens with zero attached hydrogens (tertiary/aromatic N) is 3. The van der Waals surface area contributed by atoms with Gasteiger partial charge in [0.2, 0.25) is 0 Å². The molecule has 0 aromatic carbocycles. The second-order valence-corrected chi connectivity index (χ2v) is 6.70. The highest BCUT2D eigenvalue weighted by molar-refractivity contribution is 5.80. The van der Waals surface area contributed by atoms with Crippen LogP contribution in [0, 0.1) is 5.41 Å². The summed E-state index contributed by atoms with van der Waals surface area (Å²) in [5, 5.41) is 7.54. The highest BCUT2D eigenvalue weighted by Crippen LogP contribution is 2.51. The Bertz CT molecular complexity index is 512. The second-order valence-electron chi connectivity index (χ2n) is 6.70. The van der Waals surface area contributed by atoms with Crippen LogP contribution in [0.5, 0.6) is 0 Å². The van der Waals surface area contributed by atoms with Crippen LogP contribution >= 0.6 is 0 Å². The lowest BCUT2D eigenvalue weighted by atomic mass is 9.56. The molecule has 1 aromatic rings. The maximum absolute atomic E-state index is 5.69. The zero-order valence-corrected chi connectivity index (χ0v) is 14.5. The second kappa shape index (κ2) is 6.28. The Hall–Kier alpha value is -1.56. The minimum absolute atomic E-state index is 0.0466. The van der Waals surface area contributed by atoms with E-state index >= 15 is 0 Å². The molecular formula is C16H28N4O2. The van der Waals surface area contributed by atoms with Gasteiger partial charge in [-0.05, 0) is 20.3 Å². The molecule has 1 saturated carbocycles. The van der Waals surface area contributed by atoms with E-state index in [2.05, 4.69) is 41.1 Å². The number of nitrogens with one attached hydrogen (secondary N) is 1. The van der Waals surface area contributed by atoms with Gasteiger partial charge in [0.1, 0.15) is 12.0 Å². The summed E-state index contributed by atoms with van der Waals surface area (Å²) in [6.07, 6.45) is 2.56. The molecule has 1 heterocycles. The number of aromatic nitrogens is 1. The fourth-order valence-corrected chi connectivity index (χ4v) is 2.94. The summed E-state index contributed by atoms with van der Waals surface area (Å²) >= 11 is 0. The van der Waals surface area contributed by atoms with E-state index in [1.54, 1.807) is 13.4 Å². The Morgan fingerprint density at radius 3 is 2.77 bits per heavy atom. The SMILES string of the molecule is CCN=C(NC1CC(C)(OC)C1(C)C)N(C)Cc1ccon1. The molecule has 2 atom stereocenters. The molecule has 1 fully saturated rings. The van der Waals surface area contributed by atoms with Gasteiger partial charge in [-0.3, -0.25) is 4.99 Å². The van der Waals surface area contributed by atoms with Crippen molar-refractivity contribution in [2.75, 3.05) is 20.7 Å². The van der Waals surface area contributed by atoms with Crippen molar-refractivity contribution in [2.24, 2.45) is 10.4 Å². The molecule has 0 radical (unpaired) electrons. The monoisotopic (exact) mass is 308 g/mol. The van der Waals surface area contributed by atoms with Gasteiger partial charge >= 0.3 is 0 Å². The predicted molar refractivity (Wildman–Crippen MR) is 86.7 cm³/mol. The first-order valence-electron chi connectivity index (χ1n) is 7.80. The van der Waals surface area contributed by atoms with E-state index in [1.165, 1.54) is 0 Å².